The van der Waals surface area contributed by atoms with Gasteiger partial charge in [-0.25, -0.2) is 9.97 Å². The van der Waals surface area contributed by atoms with Crippen molar-refractivity contribution in [2.75, 3.05) is 10.2 Å². The quantitative estimate of drug-likeness (QED) is 0.899. The van der Waals surface area contributed by atoms with Crippen molar-refractivity contribution in [3.8, 4) is 0 Å². The Labute approximate surface area is 149 Å². The number of nitrogens with zero attached hydrogens (tertiary/aromatic N) is 4. The molecule has 1 saturated heterocycles. The molecule has 1 aliphatic heterocycles. The topological polar surface area (TPSA) is 101 Å². The van der Waals surface area contributed by atoms with Gasteiger partial charge in [-0.2, -0.15) is 0 Å². The molecule has 0 unspecified atom stereocenters. The Hall–Kier alpha value is -2.48. The molecule has 0 spiro atoms. The molecule has 132 valence electrons. The van der Waals surface area contributed by atoms with E-state index in [0.717, 1.165) is 5.69 Å². The Morgan fingerprint density at radius 3 is 2.64 bits per heavy atom. The molecule has 0 bridgehead atoms. The van der Waals surface area contributed by atoms with Gasteiger partial charge in [0.25, 0.3) is 0 Å². The van der Waals surface area contributed by atoms with Crippen LogP contribution >= 0.6 is 11.6 Å². The van der Waals surface area contributed by atoms with Crippen molar-refractivity contribution in [3.63, 3.8) is 0 Å². The molecule has 1 N–H and O–H groups in total. The molecule has 8 nitrogen and oxygen atoms in total. The molecule has 2 aromatic heterocycles. The van der Waals surface area contributed by atoms with E-state index in [1.165, 1.54) is 17.3 Å². The third kappa shape index (κ3) is 3.63. The summed E-state index contributed by atoms with van der Waals surface area (Å²) in [4.78, 5) is 34.1. The van der Waals surface area contributed by atoms with E-state index in [4.69, 9.17) is 16.1 Å². The summed E-state index contributed by atoms with van der Waals surface area (Å²) in [5, 5.41) is 6.98. The molecule has 0 radical (unpaired) electrons. The summed E-state index contributed by atoms with van der Waals surface area (Å²) in [6.45, 7) is 5.98. The number of halogens is 1. The first-order chi connectivity index (χ1) is 11.8. The van der Waals surface area contributed by atoms with E-state index >= 15 is 0 Å². The van der Waals surface area contributed by atoms with Crippen LogP contribution in [0.5, 0.6) is 0 Å². The lowest BCUT2D eigenvalue weighted by Gasteiger charge is -2.21. The van der Waals surface area contributed by atoms with Crippen LogP contribution in [0.4, 0.5) is 11.8 Å². The van der Waals surface area contributed by atoms with Crippen LogP contribution in [-0.4, -0.2) is 33.0 Å². The minimum Gasteiger partial charge on any atom is -0.338 e. The highest BCUT2D eigenvalue weighted by molar-refractivity contribution is 6.30. The molecule has 2 amide bonds. The number of rotatable bonds is 3. The first-order valence-electron chi connectivity index (χ1n) is 7.83. The monoisotopic (exact) mass is 363 g/mol. The summed E-state index contributed by atoms with van der Waals surface area (Å²) in [5.74, 6) is -0.192. The van der Waals surface area contributed by atoms with Crippen molar-refractivity contribution in [2.45, 2.75) is 45.1 Å². The average Bonchev–Trinajstić information content (AvgIpc) is 3.15. The van der Waals surface area contributed by atoms with E-state index in [1.807, 2.05) is 20.8 Å². The zero-order chi connectivity index (χ0) is 18.2. The first-order valence-corrected chi connectivity index (χ1v) is 8.21. The summed E-state index contributed by atoms with van der Waals surface area (Å²) in [6, 6.07) is 0.967. The van der Waals surface area contributed by atoms with E-state index in [9.17, 15) is 9.59 Å². The maximum atomic E-state index is 12.6. The third-order valence-corrected chi connectivity index (χ3v) is 4.06. The fraction of sp³-hybridized carbons (Fsp3) is 0.438. The molecule has 0 saturated carbocycles. The number of nitrogens with one attached hydrogen (secondary N) is 1. The molecule has 25 heavy (non-hydrogen) atoms. The summed E-state index contributed by atoms with van der Waals surface area (Å²) < 4.78 is 5.17. The van der Waals surface area contributed by atoms with Crippen molar-refractivity contribution in [1.29, 1.82) is 0 Å². The van der Waals surface area contributed by atoms with Crippen LogP contribution in [0.1, 0.15) is 39.3 Å². The maximum absolute atomic E-state index is 12.6. The van der Waals surface area contributed by atoms with Gasteiger partial charge >= 0.3 is 0 Å². The zero-order valence-electron chi connectivity index (χ0n) is 14.1. The number of amides is 2. The second-order valence-corrected chi connectivity index (χ2v) is 7.27. The first kappa shape index (κ1) is 17.3. The highest BCUT2D eigenvalue weighted by Crippen LogP contribution is 2.27. The number of anilines is 2. The van der Waals surface area contributed by atoms with Crippen molar-refractivity contribution in [1.82, 2.24) is 15.1 Å². The van der Waals surface area contributed by atoms with Crippen molar-refractivity contribution in [3.05, 3.63) is 29.2 Å². The fourth-order valence-corrected chi connectivity index (χ4v) is 2.60. The van der Waals surface area contributed by atoms with E-state index in [-0.39, 0.29) is 35.5 Å². The van der Waals surface area contributed by atoms with Gasteiger partial charge in [0.15, 0.2) is 0 Å². The largest absolute Gasteiger partial charge is 0.338 e. The van der Waals surface area contributed by atoms with Crippen LogP contribution in [0.15, 0.2) is 23.0 Å². The van der Waals surface area contributed by atoms with E-state index < -0.39 is 6.04 Å². The van der Waals surface area contributed by atoms with Gasteiger partial charge in [-0.1, -0.05) is 37.5 Å². The lowest BCUT2D eigenvalue weighted by molar-refractivity contribution is -0.120. The fourth-order valence-electron chi connectivity index (χ4n) is 2.50. The predicted molar refractivity (Wildman–Crippen MR) is 91.4 cm³/mol. The molecule has 9 heteroatoms. The molecule has 2 aromatic rings. The second kappa shape index (κ2) is 6.44. The standard InChI is InChI=1S/C16H18ClN5O3/c1-16(2,3)11-6-12(25-21-11)20-14(24)10-4-5-13(23)22(10)15-18-7-9(17)8-19-15/h6-8,10H,4-5H2,1-3H3,(H,20,24)/t10-/m0/s1. The molecule has 0 aromatic carbocycles. The van der Waals surface area contributed by atoms with Crippen LogP contribution in [0.25, 0.3) is 0 Å². The summed E-state index contributed by atoms with van der Waals surface area (Å²) >= 11 is 5.77. The van der Waals surface area contributed by atoms with Gasteiger partial charge in [-0.3, -0.25) is 19.8 Å². The van der Waals surface area contributed by atoms with Crippen molar-refractivity contribution >= 4 is 35.2 Å². The Bertz CT molecular complexity index is 797. The summed E-state index contributed by atoms with van der Waals surface area (Å²) in [5.41, 5.74) is 0.530. The van der Waals surface area contributed by atoms with Gasteiger partial charge in [0, 0.05) is 17.9 Å². The number of carbonyl (C=O) groups is 2. The molecule has 3 rings (SSSR count). The minimum absolute atomic E-state index is 0.153. The molecule has 1 fully saturated rings. The van der Waals surface area contributed by atoms with Crippen LogP contribution in [0.2, 0.25) is 5.02 Å². The maximum Gasteiger partial charge on any atom is 0.250 e. The molecule has 3 heterocycles. The van der Waals surface area contributed by atoms with Crippen LogP contribution in [0, 0.1) is 0 Å². The molecule has 1 atom stereocenters. The van der Waals surface area contributed by atoms with Crippen LogP contribution < -0.4 is 10.2 Å². The van der Waals surface area contributed by atoms with E-state index in [1.54, 1.807) is 6.07 Å². The van der Waals surface area contributed by atoms with Gasteiger partial charge < -0.3 is 4.52 Å². The average molecular weight is 364 g/mol. The predicted octanol–water partition coefficient (Wildman–Crippen LogP) is 2.55. The van der Waals surface area contributed by atoms with Crippen molar-refractivity contribution in [2.24, 2.45) is 0 Å². The molecule has 0 aliphatic carbocycles. The number of hydrogen-bond acceptors (Lipinski definition) is 6. The lowest BCUT2D eigenvalue weighted by atomic mass is 9.92. The van der Waals surface area contributed by atoms with Crippen molar-refractivity contribution < 1.29 is 14.1 Å². The highest BCUT2D eigenvalue weighted by Gasteiger charge is 2.39. The summed E-state index contributed by atoms with van der Waals surface area (Å²) in [6.07, 6.45) is 3.39. The van der Waals surface area contributed by atoms with Gasteiger partial charge in [-0.05, 0) is 6.42 Å². The van der Waals surface area contributed by atoms with E-state index in [0.29, 0.717) is 11.4 Å². The summed E-state index contributed by atoms with van der Waals surface area (Å²) in [7, 11) is 0. The lowest BCUT2D eigenvalue weighted by Crippen LogP contribution is -2.42. The zero-order valence-corrected chi connectivity index (χ0v) is 14.9. The highest BCUT2D eigenvalue weighted by atomic mass is 35.5. The molecular formula is C16H18ClN5O3. The Balaban J connectivity index is 1.77. The Morgan fingerprint density at radius 2 is 2.04 bits per heavy atom. The number of carbonyl (C=O) groups excluding carboxylic acids is 2. The number of aromatic nitrogens is 3. The molecule has 1 aliphatic rings. The van der Waals surface area contributed by atoms with Gasteiger partial charge in [0.05, 0.1) is 23.1 Å². The van der Waals surface area contributed by atoms with Crippen LogP contribution in [0.3, 0.4) is 0 Å². The van der Waals surface area contributed by atoms with Gasteiger partial charge in [0.2, 0.25) is 23.6 Å². The Morgan fingerprint density at radius 1 is 1.36 bits per heavy atom. The number of hydrogen-bond donors (Lipinski definition) is 1. The molecular weight excluding hydrogens is 346 g/mol. The Kier molecular flexibility index (Phi) is 4.47. The minimum atomic E-state index is -0.711. The van der Waals surface area contributed by atoms with Crippen LogP contribution in [-0.2, 0) is 15.0 Å². The normalized spacial score (nSPS) is 17.8. The third-order valence-electron chi connectivity index (χ3n) is 3.86. The smallest absolute Gasteiger partial charge is 0.250 e. The SMILES string of the molecule is CC(C)(C)c1cc(NC(=O)[C@@H]2CCC(=O)N2c2ncc(Cl)cn2)on1. The van der Waals surface area contributed by atoms with Gasteiger partial charge in [-0.15, -0.1) is 0 Å². The van der Waals surface area contributed by atoms with Gasteiger partial charge in [0.1, 0.15) is 6.04 Å². The second-order valence-electron chi connectivity index (χ2n) is 6.84. The van der Waals surface area contributed by atoms with E-state index in [2.05, 4.69) is 20.4 Å².